The molecule has 3 aromatic rings. The van der Waals surface area contributed by atoms with Gasteiger partial charge in [0.05, 0.1) is 16.8 Å². The molecule has 0 saturated heterocycles. The van der Waals surface area contributed by atoms with Crippen LogP contribution < -0.4 is 10.5 Å². The Bertz CT molecular complexity index is 1110. The number of carbonyl (C=O) groups is 1. The maximum Gasteiger partial charge on any atom is 0.251 e. The fourth-order valence-corrected chi connectivity index (χ4v) is 3.18. The number of hydrogen-bond donors (Lipinski definition) is 2. The van der Waals surface area contributed by atoms with Gasteiger partial charge in [0, 0.05) is 17.7 Å². The molecule has 0 bridgehead atoms. The van der Waals surface area contributed by atoms with Gasteiger partial charge in [-0.25, -0.2) is 13.6 Å². The molecular formula is C20H20N4O3S. The van der Waals surface area contributed by atoms with Crippen LogP contribution in [0.4, 0.5) is 0 Å². The molecule has 144 valence electrons. The van der Waals surface area contributed by atoms with Crippen LogP contribution in [0, 0.1) is 13.8 Å². The molecule has 0 saturated carbocycles. The van der Waals surface area contributed by atoms with Crippen molar-refractivity contribution in [3.05, 3.63) is 77.0 Å². The number of hydrogen-bond acceptors (Lipinski definition) is 5. The van der Waals surface area contributed by atoms with E-state index in [1.54, 1.807) is 30.5 Å². The van der Waals surface area contributed by atoms with Crippen LogP contribution in [0.1, 0.15) is 27.0 Å². The quantitative estimate of drug-likeness (QED) is 0.687. The monoisotopic (exact) mass is 396 g/mol. The largest absolute Gasteiger partial charge is 0.348 e. The van der Waals surface area contributed by atoms with Gasteiger partial charge in [0.1, 0.15) is 0 Å². The average Bonchev–Trinajstić information content (AvgIpc) is 2.68. The van der Waals surface area contributed by atoms with Crippen molar-refractivity contribution in [2.45, 2.75) is 25.3 Å². The lowest BCUT2D eigenvalue weighted by Gasteiger charge is -2.09. The van der Waals surface area contributed by atoms with Crippen molar-refractivity contribution in [2.24, 2.45) is 5.14 Å². The molecule has 0 unspecified atom stereocenters. The van der Waals surface area contributed by atoms with Crippen LogP contribution in [0.5, 0.6) is 0 Å². The van der Waals surface area contributed by atoms with E-state index in [-0.39, 0.29) is 17.3 Å². The molecule has 2 aromatic carbocycles. The van der Waals surface area contributed by atoms with E-state index in [9.17, 15) is 13.2 Å². The number of carbonyl (C=O) groups excluding carboxylic acids is 1. The van der Waals surface area contributed by atoms with E-state index in [1.165, 1.54) is 12.1 Å². The minimum Gasteiger partial charge on any atom is -0.348 e. The first kappa shape index (κ1) is 19.7. The number of aromatic nitrogens is 2. The average molecular weight is 396 g/mol. The molecule has 0 spiro atoms. The molecule has 7 nitrogen and oxygen atoms in total. The summed E-state index contributed by atoms with van der Waals surface area (Å²) in [4.78, 5) is 12.4. The molecule has 8 heteroatoms. The molecular weight excluding hydrogens is 376 g/mol. The molecule has 0 fully saturated rings. The van der Waals surface area contributed by atoms with Gasteiger partial charge in [-0.3, -0.25) is 4.79 Å². The van der Waals surface area contributed by atoms with Crippen LogP contribution >= 0.6 is 0 Å². The van der Waals surface area contributed by atoms with Gasteiger partial charge >= 0.3 is 0 Å². The van der Waals surface area contributed by atoms with Crippen molar-refractivity contribution in [2.75, 3.05) is 0 Å². The lowest BCUT2D eigenvalue weighted by atomic mass is 10.0. The molecule has 1 heterocycles. The number of nitrogens with zero attached hydrogens (tertiary/aromatic N) is 2. The summed E-state index contributed by atoms with van der Waals surface area (Å²) in [6.07, 6.45) is 1.72. The number of nitrogens with one attached hydrogen (secondary N) is 1. The maximum atomic E-state index is 12.4. The van der Waals surface area contributed by atoms with E-state index >= 15 is 0 Å². The Morgan fingerprint density at radius 3 is 2.29 bits per heavy atom. The second-order valence-electron chi connectivity index (χ2n) is 6.45. The second kappa shape index (κ2) is 7.87. The van der Waals surface area contributed by atoms with Crippen LogP contribution in [-0.4, -0.2) is 24.5 Å². The minimum absolute atomic E-state index is 0.0349. The van der Waals surface area contributed by atoms with E-state index in [0.29, 0.717) is 5.56 Å². The number of sulfonamides is 1. The Kier molecular flexibility index (Phi) is 5.53. The van der Waals surface area contributed by atoms with Crippen molar-refractivity contribution in [3.8, 4) is 11.3 Å². The lowest BCUT2D eigenvalue weighted by molar-refractivity contribution is 0.0951. The summed E-state index contributed by atoms with van der Waals surface area (Å²) in [7, 11) is -3.72. The van der Waals surface area contributed by atoms with E-state index in [0.717, 1.165) is 27.9 Å². The second-order valence-corrected chi connectivity index (χ2v) is 8.01. The van der Waals surface area contributed by atoms with Crippen LogP contribution in [0.15, 0.2) is 59.6 Å². The molecule has 3 rings (SSSR count). The van der Waals surface area contributed by atoms with Gasteiger partial charge < -0.3 is 5.32 Å². The summed E-state index contributed by atoms with van der Waals surface area (Å²) in [6, 6.07) is 13.2. The van der Waals surface area contributed by atoms with Gasteiger partial charge in [-0.05, 0) is 54.8 Å². The highest BCUT2D eigenvalue weighted by atomic mass is 32.2. The van der Waals surface area contributed by atoms with Crippen LogP contribution in [0.2, 0.25) is 0 Å². The van der Waals surface area contributed by atoms with E-state index < -0.39 is 10.0 Å². The smallest absolute Gasteiger partial charge is 0.251 e. The standard InChI is InChI=1S/C20H20N4O3S/c1-13-11-23-24-19(14(13)2)16-5-7-17(8-6-16)20(25)22-12-15-3-9-18(10-4-15)28(21,26)27/h3-11H,12H2,1-2H3,(H,22,25)(H2,21,26,27). The van der Waals surface area contributed by atoms with Gasteiger partial charge in [-0.1, -0.05) is 24.3 Å². The predicted molar refractivity (Wildman–Crippen MR) is 106 cm³/mol. The molecule has 0 aliphatic heterocycles. The van der Waals surface area contributed by atoms with Gasteiger partial charge in [-0.15, -0.1) is 0 Å². The van der Waals surface area contributed by atoms with Crippen molar-refractivity contribution in [3.63, 3.8) is 0 Å². The summed E-state index contributed by atoms with van der Waals surface area (Å²) in [5.74, 6) is -0.228. The summed E-state index contributed by atoms with van der Waals surface area (Å²) < 4.78 is 22.5. The summed E-state index contributed by atoms with van der Waals surface area (Å²) in [6.45, 7) is 4.24. The Morgan fingerprint density at radius 1 is 1.04 bits per heavy atom. The number of benzene rings is 2. The van der Waals surface area contributed by atoms with Crippen molar-refractivity contribution in [1.29, 1.82) is 0 Å². The summed E-state index contributed by atoms with van der Waals surface area (Å²) >= 11 is 0. The number of aryl methyl sites for hydroxylation is 1. The molecule has 0 radical (unpaired) electrons. The molecule has 28 heavy (non-hydrogen) atoms. The van der Waals surface area contributed by atoms with Crippen molar-refractivity contribution < 1.29 is 13.2 Å². The molecule has 0 atom stereocenters. The highest BCUT2D eigenvalue weighted by molar-refractivity contribution is 7.89. The van der Waals surface area contributed by atoms with Crippen LogP contribution in [-0.2, 0) is 16.6 Å². The third-order valence-electron chi connectivity index (χ3n) is 4.48. The van der Waals surface area contributed by atoms with E-state index in [2.05, 4.69) is 15.5 Å². The Hall–Kier alpha value is -3.10. The van der Waals surface area contributed by atoms with Gasteiger partial charge in [0.2, 0.25) is 10.0 Å². The highest BCUT2D eigenvalue weighted by Gasteiger charge is 2.10. The fourth-order valence-electron chi connectivity index (χ4n) is 2.67. The lowest BCUT2D eigenvalue weighted by Crippen LogP contribution is -2.22. The summed E-state index contributed by atoms with van der Waals surface area (Å²) in [5.41, 5.74) is 5.08. The summed E-state index contributed by atoms with van der Waals surface area (Å²) in [5, 5.41) is 16.0. The number of nitrogens with two attached hydrogens (primary N) is 1. The normalized spacial score (nSPS) is 11.2. The Labute approximate surface area is 163 Å². The van der Waals surface area contributed by atoms with Crippen LogP contribution in [0.3, 0.4) is 0 Å². The Balaban J connectivity index is 1.67. The fraction of sp³-hybridized carbons (Fsp3) is 0.150. The molecule has 0 aliphatic rings. The topological polar surface area (TPSA) is 115 Å². The first-order chi connectivity index (χ1) is 13.3. The zero-order chi connectivity index (χ0) is 20.3. The number of rotatable bonds is 5. The SMILES string of the molecule is Cc1cnnc(-c2ccc(C(=O)NCc3ccc(S(N)(=O)=O)cc3)cc2)c1C. The van der Waals surface area contributed by atoms with Gasteiger partial charge in [-0.2, -0.15) is 10.2 Å². The third kappa shape index (κ3) is 4.41. The molecule has 0 aliphatic carbocycles. The van der Waals surface area contributed by atoms with Crippen molar-refractivity contribution in [1.82, 2.24) is 15.5 Å². The minimum atomic E-state index is -3.72. The predicted octanol–water partition coefficient (Wildman–Crippen LogP) is 2.34. The van der Waals surface area contributed by atoms with Crippen LogP contribution in [0.25, 0.3) is 11.3 Å². The molecule has 1 aromatic heterocycles. The maximum absolute atomic E-state index is 12.4. The number of primary sulfonamides is 1. The third-order valence-corrected chi connectivity index (χ3v) is 5.41. The molecule has 1 amide bonds. The number of amides is 1. The zero-order valence-corrected chi connectivity index (χ0v) is 16.3. The van der Waals surface area contributed by atoms with Crippen molar-refractivity contribution >= 4 is 15.9 Å². The van der Waals surface area contributed by atoms with E-state index in [1.807, 2.05) is 26.0 Å². The van der Waals surface area contributed by atoms with E-state index in [4.69, 9.17) is 5.14 Å². The van der Waals surface area contributed by atoms with Gasteiger partial charge in [0.15, 0.2) is 0 Å². The van der Waals surface area contributed by atoms with Gasteiger partial charge in [0.25, 0.3) is 5.91 Å². The Morgan fingerprint density at radius 2 is 1.68 bits per heavy atom. The zero-order valence-electron chi connectivity index (χ0n) is 15.5. The first-order valence-corrected chi connectivity index (χ1v) is 10.1. The highest BCUT2D eigenvalue weighted by Crippen LogP contribution is 2.22. The molecule has 3 N–H and O–H groups in total. The first-order valence-electron chi connectivity index (χ1n) is 8.55.